The fourth-order valence-electron chi connectivity index (χ4n) is 1.02. The van der Waals surface area contributed by atoms with Crippen LogP contribution in [0.5, 0.6) is 0 Å². The van der Waals surface area contributed by atoms with Gasteiger partial charge in [0.05, 0.1) is 17.9 Å². The summed E-state index contributed by atoms with van der Waals surface area (Å²) in [6.07, 6.45) is 0. The molecule has 0 bridgehead atoms. The Labute approximate surface area is 96.3 Å². The van der Waals surface area contributed by atoms with Crippen molar-refractivity contribution in [2.24, 2.45) is 0 Å². The summed E-state index contributed by atoms with van der Waals surface area (Å²) in [7, 11) is 0. The number of anilines is 1. The summed E-state index contributed by atoms with van der Waals surface area (Å²) in [5.74, 6) is 0. The molecule has 0 unspecified atom stereocenters. The molecule has 6 heteroatoms. The van der Waals surface area contributed by atoms with Crippen molar-refractivity contribution in [2.75, 3.05) is 5.32 Å². The van der Waals surface area contributed by atoms with Crippen molar-refractivity contribution in [2.45, 2.75) is 13.5 Å². The van der Waals surface area contributed by atoms with Crippen LogP contribution in [-0.2, 0) is 6.54 Å². The SMILES string of the molecule is Cc1ccc(CNc2nc(Cl)cs2)nn1. The third-order valence-corrected chi connectivity index (χ3v) is 2.87. The Morgan fingerprint density at radius 3 is 2.87 bits per heavy atom. The first-order valence-electron chi connectivity index (χ1n) is 4.38. The standard InChI is InChI=1S/C9H9ClN4S/c1-6-2-3-7(14-13-6)4-11-9-12-8(10)5-15-9/h2-3,5H,4H2,1H3,(H,11,12). The predicted octanol–water partition coefficient (Wildman–Crippen LogP) is 2.51. The fraction of sp³-hybridized carbons (Fsp3) is 0.222. The Morgan fingerprint density at radius 1 is 1.40 bits per heavy atom. The summed E-state index contributed by atoms with van der Waals surface area (Å²) in [6, 6.07) is 3.86. The Balaban J connectivity index is 1.96. The lowest BCUT2D eigenvalue weighted by molar-refractivity contribution is 0.897. The van der Waals surface area contributed by atoms with Crippen LogP contribution in [0.1, 0.15) is 11.4 Å². The van der Waals surface area contributed by atoms with E-state index in [9.17, 15) is 0 Å². The average molecular weight is 241 g/mol. The predicted molar refractivity (Wildman–Crippen MR) is 61.2 cm³/mol. The normalized spacial score (nSPS) is 10.3. The van der Waals surface area contributed by atoms with Gasteiger partial charge in [0.15, 0.2) is 5.13 Å². The number of aryl methyl sites for hydroxylation is 1. The van der Waals surface area contributed by atoms with Gasteiger partial charge in [0, 0.05) is 5.38 Å². The molecule has 2 rings (SSSR count). The number of nitrogens with zero attached hydrogens (tertiary/aromatic N) is 3. The summed E-state index contributed by atoms with van der Waals surface area (Å²) >= 11 is 7.16. The second kappa shape index (κ2) is 4.55. The Morgan fingerprint density at radius 2 is 2.27 bits per heavy atom. The quantitative estimate of drug-likeness (QED) is 0.896. The zero-order chi connectivity index (χ0) is 10.7. The van der Waals surface area contributed by atoms with Gasteiger partial charge in [-0.2, -0.15) is 10.2 Å². The lowest BCUT2D eigenvalue weighted by Gasteiger charge is -2.00. The summed E-state index contributed by atoms with van der Waals surface area (Å²) in [5.41, 5.74) is 1.79. The Kier molecular flexibility index (Phi) is 3.13. The topological polar surface area (TPSA) is 50.7 Å². The van der Waals surface area contributed by atoms with Crippen molar-refractivity contribution < 1.29 is 0 Å². The Hall–Kier alpha value is -1.20. The maximum Gasteiger partial charge on any atom is 0.184 e. The van der Waals surface area contributed by atoms with Crippen LogP contribution in [0.2, 0.25) is 5.15 Å². The van der Waals surface area contributed by atoms with Crippen molar-refractivity contribution in [1.82, 2.24) is 15.2 Å². The largest absolute Gasteiger partial charge is 0.356 e. The van der Waals surface area contributed by atoms with Gasteiger partial charge in [0.25, 0.3) is 0 Å². The minimum Gasteiger partial charge on any atom is -0.356 e. The lowest BCUT2D eigenvalue weighted by atomic mass is 10.3. The maximum absolute atomic E-state index is 5.69. The molecule has 0 saturated carbocycles. The van der Waals surface area contributed by atoms with Gasteiger partial charge in [-0.3, -0.25) is 0 Å². The molecule has 0 saturated heterocycles. The van der Waals surface area contributed by atoms with Crippen LogP contribution in [0.25, 0.3) is 0 Å². The molecule has 0 spiro atoms. The van der Waals surface area contributed by atoms with Gasteiger partial charge >= 0.3 is 0 Å². The first kappa shape index (κ1) is 10.3. The van der Waals surface area contributed by atoms with Crippen molar-refractivity contribution >= 4 is 28.1 Å². The van der Waals surface area contributed by atoms with Crippen molar-refractivity contribution in [1.29, 1.82) is 0 Å². The van der Waals surface area contributed by atoms with E-state index in [1.54, 1.807) is 5.38 Å². The minimum atomic E-state index is 0.512. The summed E-state index contributed by atoms with van der Waals surface area (Å²) in [5, 5.41) is 14.2. The summed E-state index contributed by atoms with van der Waals surface area (Å²) in [6.45, 7) is 2.52. The van der Waals surface area contributed by atoms with E-state index in [1.165, 1.54) is 11.3 Å². The van der Waals surface area contributed by atoms with Gasteiger partial charge in [-0.25, -0.2) is 4.98 Å². The van der Waals surface area contributed by atoms with Gasteiger partial charge in [-0.1, -0.05) is 11.6 Å². The van der Waals surface area contributed by atoms with Crippen LogP contribution in [-0.4, -0.2) is 15.2 Å². The van der Waals surface area contributed by atoms with Gasteiger partial charge in [-0.05, 0) is 19.1 Å². The molecule has 4 nitrogen and oxygen atoms in total. The van der Waals surface area contributed by atoms with Gasteiger partial charge in [-0.15, -0.1) is 11.3 Å². The van der Waals surface area contributed by atoms with E-state index in [1.807, 2.05) is 19.1 Å². The molecule has 0 radical (unpaired) electrons. The molecule has 2 aromatic heterocycles. The fourth-order valence-corrected chi connectivity index (χ4v) is 1.86. The van der Waals surface area contributed by atoms with E-state index in [0.29, 0.717) is 11.7 Å². The molecule has 0 aromatic carbocycles. The lowest BCUT2D eigenvalue weighted by Crippen LogP contribution is -2.02. The monoisotopic (exact) mass is 240 g/mol. The molecule has 0 atom stereocenters. The van der Waals surface area contributed by atoms with E-state index in [4.69, 9.17) is 11.6 Å². The van der Waals surface area contributed by atoms with Crippen LogP contribution in [0, 0.1) is 6.92 Å². The smallest absolute Gasteiger partial charge is 0.184 e. The molecule has 78 valence electrons. The van der Waals surface area contributed by atoms with Crippen LogP contribution in [0.3, 0.4) is 0 Å². The molecule has 1 N–H and O–H groups in total. The third kappa shape index (κ3) is 2.87. The van der Waals surface area contributed by atoms with Crippen LogP contribution < -0.4 is 5.32 Å². The number of nitrogens with one attached hydrogen (secondary N) is 1. The zero-order valence-corrected chi connectivity index (χ0v) is 9.64. The minimum absolute atomic E-state index is 0.512. The number of rotatable bonds is 3. The van der Waals surface area contributed by atoms with Crippen molar-refractivity contribution in [3.8, 4) is 0 Å². The molecule has 15 heavy (non-hydrogen) atoms. The van der Waals surface area contributed by atoms with Gasteiger partial charge < -0.3 is 5.32 Å². The second-order valence-electron chi connectivity index (χ2n) is 2.99. The van der Waals surface area contributed by atoms with Crippen molar-refractivity contribution in [3.63, 3.8) is 0 Å². The first-order chi connectivity index (χ1) is 7.24. The van der Waals surface area contributed by atoms with Crippen LogP contribution >= 0.6 is 22.9 Å². The molecular formula is C9H9ClN4S. The molecule has 0 amide bonds. The van der Waals surface area contributed by atoms with Crippen LogP contribution in [0.4, 0.5) is 5.13 Å². The molecule has 2 aromatic rings. The Bertz CT molecular complexity index is 440. The zero-order valence-electron chi connectivity index (χ0n) is 8.07. The number of thiazole rings is 1. The number of aromatic nitrogens is 3. The number of halogens is 1. The van der Waals surface area contributed by atoms with E-state index in [0.717, 1.165) is 16.5 Å². The maximum atomic E-state index is 5.69. The van der Waals surface area contributed by atoms with Gasteiger partial charge in [0.1, 0.15) is 5.15 Å². The summed E-state index contributed by atoms with van der Waals surface area (Å²) in [4.78, 5) is 4.07. The number of hydrogen-bond donors (Lipinski definition) is 1. The van der Waals surface area contributed by atoms with Crippen LogP contribution in [0.15, 0.2) is 17.5 Å². The van der Waals surface area contributed by atoms with E-state index >= 15 is 0 Å². The number of hydrogen-bond acceptors (Lipinski definition) is 5. The molecule has 0 aliphatic carbocycles. The van der Waals surface area contributed by atoms with E-state index in [-0.39, 0.29) is 0 Å². The second-order valence-corrected chi connectivity index (χ2v) is 4.24. The van der Waals surface area contributed by atoms with Crippen molar-refractivity contribution in [3.05, 3.63) is 34.1 Å². The first-order valence-corrected chi connectivity index (χ1v) is 5.64. The highest BCUT2D eigenvalue weighted by molar-refractivity contribution is 7.14. The average Bonchev–Trinajstić information content (AvgIpc) is 2.64. The molecular weight excluding hydrogens is 232 g/mol. The molecule has 0 fully saturated rings. The molecule has 0 aliphatic rings. The van der Waals surface area contributed by atoms with Gasteiger partial charge in [0.2, 0.25) is 0 Å². The van der Waals surface area contributed by atoms with E-state index in [2.05, 4.69) is 20.5 Å². The van der Waals surface area contributed by atoms with E-state index < -0.39 is 0 Å². The highest BCUT2D eigenvalue weighted by atomic mass is 35.5. The third-order valence-electron chi connectivity index (χ3n) is 1.75. The highest BCUT2D eigenvalue weighted by Gasteiger charge is 2.00. The molecule has 0 aliphatic heterocycles. The highest BCUT2D eigenvalue weighted by Crippen LogP contribution is 2.19. The summed E-state index contributed by atoms with van der Waals surface area (Å²) < 4.78 is 0. The molecule has 2 heterocycles.